The van der Waals surface area contributed by atoms with Crippen LogP contribution < -0.4 is 10.6 Å². The van der Waals surface area contributed by atoms with Crippen LogP contribution in [0, 0.1) is 5.92 Å². The van der Waals surface area contributed by atoms with Crippen molar-refractivity contribution in [2.45, 2.75) is 12.8 Å². The Hall–Kier alpha value is -2.53. The summed E-state index contributed by atoms with van der Waals surface area (Å²) in [5.74, 6) is -0.350. The Balaban J connectivity index is 1.59. The highest BCUT2D eigenvalue weighted by Gasteiger charge is 2.28. The normalized spacial score (nSPS) is 17.0. The molecule has 5 nitrogen and oxygen atoms in total. The molecule has 25 heavy (non-hydrogen) atoms. The molecule has 0 saturated carbocycles. The number of rotatable bonds is 3. The number of carbonyl (C=O) groups excluding carboxylic acids is 2. The molecule has 2 N–H and O–H groups in total. The first-order valence-corrected chi connectivity index (χ1v) is 8.67. The van der Waals surface area contributed by atoms with Gasteiger partial charge in [0.25, 0.3) is 0 Å². The van der Waals surface area contributed by atoms with Crippen molar-refractivity contribution >= 4 is 34.9 Å². The second-order valence-corrected chi connectivity index (χ2v) is 6.46. The zero-order valence-corrected chi connectivity index (χ0v) is 14.5. The van der Waals surface area contributed by atoms with Gasteiger partial charge >= 0.3 is 6.03 Å². The van der Waals surface area contributed by atoms with Gasteiger partial charge < -0.3 is 15.5 Å². The molecule has 0 unspecified atom stereocenters. The predicted octanol–water partition coefficient (Wildman–Crippen LogP) is 4.22. The first-order valence-electron chi connectivity index (χ1n) is 8.30. The van der Waals surface area contributed by atoms with Gasteiger partial charge in [0.05, 0.1) is 16.6 Å². The van der Waals surface area contributed by atoms with Gasteiger partial charge in [0, 0.05) is 18.8 Å². The smallest absolute Gasteiger partial charge is 0.321 e. The van der Waals surface area contributed by atoms with Crippen molar-refractivity contribution < 1.29 is 9.59 Å². The number of amides is 3. The van der Waals surface area contributed by atoms with Crippen LogP contribution in [0.15, 0.2) is 54.6 Å². The molecule has 0 radical (unpaired) electrons. The predicted molar refractivity (Wildman–Crippen MR) is 99.8 cm³/mol. The minimum atomic E-state index is -0.244. The van der Waals surface area contributed by atoms with E-state index in [-0.39, 0.29) is 17.9 Å². The lowest BCUT2D eigenvalue weighted by Crippen LogP contribution is -2.45. The fourth-order valence-electron chi connectivity index (χ4n) is 2.90. The van der Waals surface area contributed by atoms with E-state index in [1.807, 2.05) is 42.5 Å². The minimum Gasteiger partial charge on any atom is -0.324 e. The number of hydrogen-bond acceptors (Lipinski definition) is 2. The number of piperidine rings is 1. The molecule has 0 spiro atoms. The van der Waals surface area contributed by atoms with Crippen molar-refractivity contribution in [1.82, 2.24) is 4.90 Å². The number of anilines is 2. The van der Waals surface area contributed by atoms with Crippen molar-refractivity contribution in [3.8, 4) is 0 Å². The maximum atomic E-state index is 12.5. The van der Waals surface area contributed by atoms with E-state index in [9.17, 15) is 9.59 Å². The molecule has 6 heteroatoms. The van der Waals surface area contributed by atoms with Crippen LogP contribution in [0.5, 0.6) is 0 Å². The quantitative estimate of drug-likeness (QED) is 0.863. The second kappa shape index (κ2) is 8.03. The Morgan fingerprint density at radius 1 is 1.00 bits per heavy atom. The molecule has 1 fully saturated rings. The highest BCUT2D eigenvalue weighted by Crippen LogP contribution is 2.24. The molecule has 0 aromatic heterocycles. The van der Waals surface area contributed by atoms with Gasteiger partial charge in [-0.2, -0.15) is 0 Å². The Bertz CT molecular complexity index is 751. The monoisotopic (exact) mass is 357 g/mol. The lowest BCUT2D eigenvalue weighted by atomic mass is 9.97. The van der Waals surface area contributed by atoms with Crippen molar-refractivity contribution in [1.29, 1.82) is 0 Å². The van der Waals surface area contributed by atoms with Crippen LogP contribution in [0.1, 0.15) is 12.8 Å². The number of carbonyl (C=O) groups is 2. The highest BCUT2D eigenvalue weighted by molar-refractivity contribution is 6.33. The van der Waals surface area contributed by atoms with E-state index in [1.54, 1.807) is 17.0 Å². The van der Waals surface area contributed by atoms with Gasteiger partial charge in [-0.3, -0.25) is 4.79 Å². The number of halogens is 1. The fourth-order valence-corrected chi connectivity index (χ4v) is 3.08. The average Bonchev–Trinajstić information content (AvgIpc) is 2.64. The summed E-state index contributed by atoms with van der Waals surface area (Å²) in [6.45, 7) is 1.05. The molecule has 130 valence electrons. The summed E-state index contributed by atoms with van der Waals surface area (Å²) >= 11 is 6.09. The van der Waals surface area contributed by atoms with E-state index < -0.39 is 0 Å². The Morgan fingerprint density at radius 2 is 1.72 bits per heavy atom. The van der Waals surface area contributed by atoms with Gasteiger partial charge in [0.15, 0.2) is 0 Å². The molecule has 1 aliphatic rings. The van der Waals surface area contributed by atoms with Gasteiger partial charge in [-0.15, -0.1) is 0 Å². The van der Waals surface area contributed by atoms with Crippen LogP contribution in [0.4, 0.5) is 16.2 Å². The summed E-state index contributed by atoms with van der Waals surface area (Å²) < 4.78 is 0. The zero-order chi connectivity index (χ0) is 17.6. The highest BCUT2D eigenvalue weighted by atomic mass is 35.5. The number of benzene rings is 2. The number of nitrogens with one attached hydrogen (secondary N) is 2. The summed E-state index contributed by atoms with van der Waals surface area (Å²) in [7, 11) is 0. The first kappa shape index (κ1) is 17.3. The van der Waals surface area contributed by atoms with Crippen LogP contribution >= 0.6 is 11.6 Å². The lowest BCUT2D eigenvalue weighted by Gasteiger charge is -2.32. The average molecular weight is 358 g/mol. The summed E-state index contributed by atoms with van der Waals surface area (Å²) in [5, 5.41) is 6.23. The molecule has 1 saturated heterocycles. The van der Waals surface area contributed by atoms with Crippen molar-refractivity contribution in [2.75, 3.05) is 23.7 Å². The lowest BCUT2D eigenvalue weighted by molar-refractivity contribution is -0.121. The van der Waals surface area contributed by atoms with Crippen molar-refractivity contribution in [3.63, 3.8) is 0 Å². The third-order valence-electron chi connectivity index (χ3n) is 4.24. The van der Waals surface area contributed by atoms with Gasteiger partial charge in [-0.05, 0) is 37.1 Å². The summed E-state index contributed by atoms with van der Waals surface area (Å²) in [6.07, 6.45) is 1.55. The van der Waals surface area contributed by atoms with E-state index >= 15 is 0 Å². The summed E-state index contributed by atoms with van der Waals surface area (Å²) in [4.78, 5) is 26.6. The number of para-hydroxylation sites is 2. The molecule has 2 aromatic carbocycles. The standard InChI is InChI=1S/C19H20ClN3O2/c20-16-10-4-5-11-17(16)22-18(24)14-7-6-12-23(13-14)19(25)21-15-8-2-1-3-9-15/h1-5,8-11,14H,6-7,12-13H2,(H,21,25)(H,22,24)/t14-/m1/s1. The van der Waals surface area contributed by atoms with E-state index in [0.717, 1.165) is 18.5 Å². The number of likely N-dealkylation sites (tertiary alicyclic amines) is 1. The number of urea groups is 1. The molecule has 1 aliphatic heterocycles. The molecule has 0 aliphatic carbocycles. The van der Waals surface area contributed by atoms with Gasteiger partial charge in [0.1, 0.15) is 0 Å². The van der Waals surface area contributed by atoms with Crippen LogP contribution in [0.3, 0.4) is 0 Å². The van der Waals surface area contributed by atoms with Crippen molar-refractivity contribution in [2.24, 2.45) is 5.92 Å². The Kier molecular flexibility index (Phi) is 5.56. The molecule has 1 atom stereocenters. The third kappa shape index (κ3) is 4.51. The second-order valence-electron chi connectivity index (χ2n) is 6.05. The summed E-state index contributed by atoms with van der Waals surface area (Å²) in [5.41, 5.74) is 1.34. The Morgan fingerprint density at radius 3 is 2.48 bits per heavy atom. The van der Waals surface area contributed by atoms with Crippen LogP contribution in [0.2, 0.25) is 5.02 Å². The fraction of sp³-hybridized carbons (Fsp3) is 0.263. The van der Waals surface area contributed by atoms with Gasteiger partial charge in [-0.25, -0.2) is 4.79 Å². The van der Waals surface area contributed by atoms with Crippen LogP contribution in [-0.4, -0.2) is 29.9 Å². The number of hydrogen-bond donors (Lipinski definition) is 2. The molecule has 0 bridgehead atoms. The molecule has 3 amide bonds. The maximum Gasteiger partial charge on any atom is 0.321 e. The third-order valence-corrected chi connectivity index (χ3v) is 4.57. The SMILES string of the molecule is O=C(Nc1ccccc1Cl)[C@@H]1CCCN(C(=O)Nc2ccccc2)C1. The summed E-state index contributed by atoms with van der Waals surface area (Å²) in [6, 6.07) is 16.3. The molecular weight excluding hydrogens is 338 g/mol. The van der Waals surface area contributed by atoms with Gasteiger partial charge in [0.2, 0.25) is 5.91 Å². The van der Waals surface area contributed by atoms with E-state index in [2.05, 4.69) is 10.6 Å². The van der Waals surface area contributed by atoms with Gasteiger partial charge in [-0.1, -0.05) is 41.9 Å². The first-order chi connectivity index (χ1) is 12.1. The molecule has 3 rings (SSSR count). The van der Waals surface area contributed by atoms with E-state index in [1.165, 1.54) is 0 Å². The molecule has 1 heterocycles. The van der Waals surface area contributed by atoms with E-state index in [0.29, 0.717) is 23.8 Å². The topological polar surface area (TPSA) is 61.4 Å². The van der Waals surface area contributed by atoms with E-state index in [4.69, 9.17) is 11.6 Å². The Labute approximate surface area is 152 Å². The minimum absolute atomic E-state index is 0.106. The van der Waals surface area contributed by atoms with Crippen LogP contribution in [-0.2, 0) is 4.79 Å². The van der Waals surface area contributed by atoms with Crippen LogP contribution in [0.25, 0.3) is 0 Å². The zero-order valence-electron chi connectivity index (χ0n) is 13.7. The largest absolute Gasteiger partial charge is 0.324 e. The molecule has 2 aromatic rings. The van der Waals surface area contributed by atoms with Crippen molar-refractivity contribution in [3.05, 3.63) is 59.6 Å². The number of nitrogens with zero attached hydrogens (tertiary/aromatic N) is 1. The molecular formula is C19H20ClN3O2. The maximum absolute atomic E-state index is 12.5.